The number of aryl methyl sites for hydroxylation is 1. The van der Waals surface area contributed by atoms with Crippen molar-refractivity contribution in [3.63, 3.8) is 0 Å². The summed E-state index contributed by atoms with van der Waals surface area (Å²) in [6.07, 6.45) is 0.670. The zero-order chi connectivity index (χ0) is 15.6. The Labute approximate surface area is 137 Å². The zero-order valence-corrected chi connectivity index (χ0v) is 15.0. The monoisotopic (exact) mass is 388 g/mol. The van der Waals surface area contributed by atoms with Gasteiger partial charge < -0.3 is 5.73 Å². The van der Waals surface area contributed by atoms with Crippen LogP contribution in [0.25, 0.3) is 0 Å². The summed E-state index contributed by atoms with van der Waals surface area (Å²) < 4.78 is 28.0. The van der Waals surface area contributed by atoms with Crippen LogP contribution >= 0.6 is 27.3 Å². The highest BCUT2D eigenvalue weighted by atomic mass is 79.9. The fraction of sp³-hybridized carbons (Fsp3) is 0.286. The second-order valence-corrected chi connectivity index (χ2v) is 8.86. The van der Waals surface area contributed by atoms with Crippen molar-refractivity contribution in [2.45, 2.75) is 31.2 Å². The van der Waals surface area contributed by atoms with Crippen LogP contribution in [0.5, 0.6) is 0 Å². The number of rotatable bonds is 5. The summed E-state index contributed by atoms with van der Waals surface area (Å²) in [5.41, 5.74) is 6.14. The second kappa shape index (κ2) is 6.48. The Hall–Kier alpha value is -0.890. The summed E-state index contributed by atoms with van der Waals surface area (Å²) in [5, 5.41) is 0. The van der Waals surface area contributed by atoms with Gasteiger partial charge >= 0.3 is 0 Å². The molecule has 1 heterocycles. The number of halogens is 1. The summed E-state index contributed by atoms with van der Waals surface area (Å²) in [6, 6.07) is 8.51. The molecule has 1 unspecified atom stereocenters. The first-order valence-electron chi connectivity index (χ1n) is 6.40. The highest BCUT2D eigenvalue weighted by Gasteiger charge is 2.18. The maximum Gasteiger partial charge on any atom is 0.240 e. The van der Waals surface area contributed by atoms with E-state index in [1.54, 1.807) is 17.4 Å². The van der Waals surface area contributed by atoms with Gasteiger partial charge in [0.15, 0.2) is 0 Å². The van der Waals surface area contributed by atoms with Gasteiger partial charge in [0, 0.05) is 26.0 Å². The van der Waals surface area contributed by atoms with Crippen LogP contribution in [0.4, 0.5) is 5.69 Å². The van der Waals surface area contributed by atoms with Gasteiger partial charge in [-0.1, -0.05) is 0 Å². The van der Waals surface area contributed by atoms with Gasteiger partial charge in [-0.2, -0.15) is 0 Å². The molecule has 0 saturated heterocycles. The molecule has 1 atom stereocenters. The third-order valence-corrected chi connectivity index (χ3v) is 6.27. The highest BCUT2D eigenvalue weighted by Crippen LogP contribution is 2.23. The maximum atomic E-state index is 12.3. The van der Waals surface area contributed by atoms with Crippen molar-refractivity contribution < 1.29 is 8.42 Å². The van der Waals surface area contributed by atoms with E-state index in [2.05, 4.69) is 20.7 Å². The van der Waals surface area contributed by atoms with Crippen LogP contribution in [0, 0.1) is 6.92 Å². The lowest BCUT2D eigenvalue weighted by Crippen LogP contribution is -2.33. The third-order valence-electron chi connectivity index (χ3n) is 2.94. The molecule has 2 aromatic rings. The van der Waals surface area contributed by atoms with Crippen molar-refractivity contribution in [1.82, 2.24) is 4.72 Å². The number of nitrogen functional groups attached to an aromatic ring is 1. The van der Waals surface area contributed by atoms with Crippen molar-refractivity contribution in [3.05, 3.63) is 44.6 Å². The van der Waals surface area contributed by atoms with Crippen LogP contribution in [-0.4, -0.2) is 14.5 Å². The molecule has 2 rings (SSSR count). The molecular weight excluding hydrogens is 372 g/mol. The molecule has 3 N–H and O–H groups in total. The molecule has 21 heavy (non-hydrogen) atoms. The second-order valence-electron chi connectivity index (χ2n) is 4.92. The van der Waals surface area contributed by atoms with Crippen LogP contribution < -0.4 is 10.5 Å². The minimum atomic E-state index is -3.56. The van der Waals surface area contributed by atoms with Gasteiger partial charge in [-0.3, -0.25) is 0 Å². The number of thiophene rings is 1. The molecular formula is C14H17BrN2O2S2. The maximum absolute atomic E-state index is 12.3. The SMILES string of the molecule is Cc1ccc(CC(C)NS(=O)(=O)c2ccc(Br)c(N)c2)s1. The van der Waals surface area contributed by atoms with Gasteiger partial charge in [-0.05, 0) is 66.5 Å². The van der Waals surface area contributed by atoms with Crippen LogP contribution in [0.2, 0.25) is 0 Å². The molecule has 4 nitrogen and oxygen atoms in total. The topological polar surface area (TPSA) is 72.2 Å². The van der Waals surface area contributed by atoms with E-state index in [0.29, 0.717) is 16.6 Å². The molecule has 7 heteroatoms. The lowest BCUT2D eigenvalue weighted by Gasteiger charge is -2.14. The molecule has 1 aromatic carbocycles. The number of benzene rings is 1. The van der Waals surface area contributed by atoms with Gasteiger partial charge in [-0.15, -0.1) is 11.3 Å². The van der Waals surface area contributed by atoms with Crippen LogP contribution in [-0.2, 0) is 16.4 Å². The van der Waals surface area contributed by atoms with Gasteiger partial charge in [0.1, 0.15) is 0 Å². The number of nitrogens with two attached hydrogens (primary N) is 1. The van der Waals surface area contributed by atoms with Gasteiger partial charge in [-0.25, -0.2) is 13.1 Å². The molecule has 1 aromatic heterocycles. The zero-order valence-electron chi connectivity index (χ0n) is 11.8. The number of hydrogen-bond donors (Lipinski definition) is 2. The Morgan fingerprint density at radius 1 is 1.33 bits per heavy atom. The molecule has 0 fully saturated rings. The Bertz CT molecular complexity index is 741. The largest absolute Gasteiger partial charge is 0.398 e. The van der Waals surface area contributed by atoms with E-state index in [-0.39, 0.29) is 10.9 Å². The number of sulfonamides is 1. The van der Waals surface area contributed by atoms with Gasteiger partial charge in [0.25, 0.3) is 0 Å². The van der Waals surface area contributed by atoms with Crippen molar-refractivity contribution in [2.75, 3.05) is 5.73 Å². The van der Waals surface area contributed by atoms with Crippen LogP contribution in [0.3, 0.4) is 0 Å². The fourth-order valence-electron chi connectivity index (χ4n) is 1.96. The molecule has 0 saturated carbocycles. The van der Waals surface area contributed by atoms with Crippen molar-refractivity contribution in [2.24, 2.45) is 0 Å². The summed E-state index contributed by atoms with van der Waals surface area (Å²) in [5.74, 6) is 0. The lowest BCUT2D eigenvalue weighted by molar-refractivity contribution is 0.561. The first kappa shape index (κ1) is 16.5. The molecule has 0 bridgehead atoms. The standard InChI is InChI=1S/C14H17BrN2O2S2/c1-9(7-11-4-3-10(2)20-11)17-21(18,19)12-5-6-13(15)14(16)8-12/h3-6,8-9,17H,7,16H2,1-2H3. The smallest absolute Gasteiger partial charge is 0.240 e. The van der Waals surface area contributed by atoms with E-state index in [9.17, 15) is 8.42 Å². The molecule has 0 spiro atoms. The van der Waals surface area contributed by atoms with Crippen LogP contribution in [0.1, 0.15) is 16.7 Å². The van der Waals surface area contributed by atoms with E-state index in [1.165, 1.54) is 17.0 Å². The van der Waals surface area contributed by atoms with Gasteiger partial charge in [0.2, 0.25) is 10.0 Å². The molecule has 0 aliphatic rings. The average molecular weight is 389 g/mol. The predicted octanol–water partition coefficient (Wildman–Crippen LogP) is 3.31. The fourth-order valence-corrected chi connectivity index (χ4v) is 4.50. The molecule has 0 amide bonds. The van der Waals surface area contributed by atoms with E-state index in [0.717, 1.165) is 4.88 Å². The van der Waals surface area contributed by atoms with Crippen molar-refractivity contribution >= 4 is 43.0 Å². The summed E-state index contributed by atoms with van der Waals surface area (Å²) in [7, 11) is -3.56. The van der Waals surface area contributed by atoms with E-state index < -0.39 is 10.0 Å². The van der Waals surface area contributed by atoms with Crippen molar-refractivity contribution in [1.29, 1.82) is 0 Å². The Kier molecular flexibility index (Phi) is 5.08. The normalized spacial score (nSPS) is 13.3. The number of hydrogen-bond acceptors (Lipinski definition) is 4. The predicted molar refractivity (Wildman–Crippen MR) is 91.1 cm³/mol. The van der Waals surface area contributed by atoms with Crippen molar-refractivity contribution in [3.8, 4) is 0 Å². The number of nitrogens with one attached hydrogen (secondary N) is 1. The molecule has 114 valence electrons. The van der Waals surface area contributed by atoms with E-state index >= 15 is 0 Å². The highest BCUT2D eigenvalue weighted by molar-refractivity contribution is 9.10. The minimum Gasteiger partial charge on any atom is -0.398 e. The summed E-state index contributed by atoms with van der Waals surface area (Å²) >= 11 is 4.94. The Morgan fingerprint density at radius 3 is 2.62 bits per heavy atom. The lowest BCUT2D eigenvalue weighted by atomic mass is 10.2. The minimum absolute atomic E-state index is 0.178. The summed E-state index contributed by atoms with van der Waals surface area (Å²) in [4.78, 5) is 2.57. The van der Waals surface area contributed by atoms with Crippen LogP contribution in [0.15, 0.2) is 39.7 Å². The number of anilines is 1. The average Bonchev–Trinajstić information content (AvgIpc) is 2.77. The van der Waals surface area contributed by atoms with E-state index in [1.807, 2.05) is 26.0 Å². The molecule has 0 radical (unpaired) electrons. The Morgan fingerprint density at radius 2 is 2.05 bits per heavy atom. The first-order valence-corrected chi connectivity index (χ1v) is 9.50. The molecule has 0 aliphatic carbocycles. The van der Waals surface area contributed by atoms with E-state index in [4.69, 9.17) is 5.73 Å². The summed E-state index contributed by atoms with van der Waals surface area (Å²) in [6.45, 7) is 3.89. The quantitative estimate of drug-likeness (QED) is 0.771. The Balaban J connectivity index is 2.11. The first-order chi connectivity index (χ1) is 9.78. The third kappa shape index (κ3) is 4.29. The van der Waals surface area contributed by atoms with Gasteiger partial charge in [0.05, 0.1) is 4.90 Å². The molecule has 0 aliphatic heterocycles.